The number of carbonyl (C=O) groups excluding carboxylic acids is 2. The van der Waals surface area contributed by atoms with Crippen molar-refractivity contribution in [3.8, 4) is 5.75 Å². The zero-order valence-corrected chi connectivity index (χ0v) is 16.7. The Labute approximate surface area is 170 Å². The number of hydrogen-bond acceptors (Lipinski definition) is 4. The molecule has 5 heteroatoms. The topological polar surface area (TPSA) is 92.4 Å². The van der Waals surface area contributed by atoms with Gasteiger partial charge in [-0.1, -0.05) is 51.1 Å². The predicted octanol–water partition coefficient (Wildman–Crippen LogP) is 4.76. The first-order valence-electron chi connectivity index (χ1n) is 9.31. The summed E-state index contributed by atoms with van der Waals surface area (Å²) in [5.41, 5.74) is 8.74. The molecule has 0 aliphatic rings. The quantitative estimate of drug-likeness (QED) is 0.444. The number of nitrogen functional groups attached to an aromatic ring is 1. The number of ketones is 1. The molecule has 0 radical (unpaired) electrons. The van der Waals surface area contributed by atoms with Crippen molar-refractivity contribution in [2.75, 3.05) is 11.1 Å². The number of amides is 1. The molecule has 3 rings (SSSR count). The molecule has 148 valence electrons. The van der Waals surface area contributed by atoms with E-state index in [9.17, 15) is 14.7 Å². The molecule has 0 saturated heterocycles. The monoisotopic (exact) mass is 388 g/mol. The summed E-state index contributed by atoms with van der Waals surface area (Å²) in [6.45, 7) is 6.31. The molecule has 0 atom stereocenters. The van der Waals surface area contributed by atoms with Crippen LogP contribution in [0, 0.1) is 0 Å². The molecule has 5 nitrogen and oxygen atoms in total. The highest BCUT2D eigenvalue weighted by atomic mass is 16.3. The van der Waals surface area contributed by atoms with Gasteiger partial charge in [0.1, 0.15) is 5.75 Å². The standard InChI is InChI=1S/C24H24N2O3/c1-24(2,3)17-12-10-15(11-13-17)23(29)26-21-19(8-5-9-20(21)25)22(28)16-6-4-7-18(27)14-16/h4-14,27H,25H2,1-3H3,(H,26,29). The molecule has 3 aromatic carbocycles. The number of carbonyl (C=O) groups is 2. The van der Waals surface area contributed by atoms with Gasteiger partial charge < -0.3 is 16.2 Å². The first-order valence-corrected chi connectivity index (χ1v) is 9.31. The van der Waals surface area contributed by atoms with Crippen molar-refractivity contribution in [3.63, 3.8) is 0 Å². The highest BCUT2D eigenvalue weighted by Gasteiger charge is 2.19. The molecule has 0 aliphatic heterocycles. The maximum Gasteiger partial charge on any atom is 0.255 e. The number of para-hydroxylation sites is 1. The molecule has 4 N–H and O–H groups in total. The molecule has 0 heterocycles. The van der Waals surface area contributed by atoms with Crippen molar-refractivity contribution in [1.29, 1.82) is 0 Å². The highest BCUT2D eigenvalue weighted by molar-refractivity contribution is 6.17. The van der Waals surface area contributed by atoms with Crippen molar-refractivity contribution >= 4 is 23.1 Å². The summed E-state index contributed by atoms with van der Waals surface area (Å²) >= 11 is 0. The normalized spacial score (nSPS) is 11.1. The Morgan fingerprint density at radius 2 is 1.55 bits per heavy atom. The maximum atomic E-state index is 12.9. The fourth-order valence-corrected chi connectivity index (χ4v) is 3.01. The number of anilines is 2. The summed E-state index contributed by atoms with van der Waals surface area (Å²) in [5, 5.41) is 12.4. The Morgan fingerprint density at radius 1 is 0.897 bits per heavy atom. The number of aromatic hydroxyl groups is 1. The predicted molar refractivity (Wildman–Crippen MR) is 115 cm³/mol. The van der Waals surface area contributed by atoms with Crippen LogP contribution < -0.4 is 11.1 Å². The minimum absolute atomic E-state index is 0.00993. The zero-order valence-electron chi connectivity index (χ0n) is 16.7. The van der Waals surface area contributed by atoms with Gasteiger partial charge >= 0.3 is 0 Å². The third kappa shape index (κ3) is 4.46. The van der Waals surface area contributed by atoms with Gasteiger partial charge in [-0.15, -0.1) is 0 Å². The van der Waals surface area contributed by atoms with Crippen LogP contribution >= 0.6 is 0 Å². The van der Waals surface area contributed by atoms with Crippen molar-refractivity contribution in [2.24, 2.45) is 0 Å². The van der Waals surface area contributed by atoms with E-state index in [1.807, 2.05) is 12.1 Å². The van der Waals surface area contributed by atoms with Crippen LogP contribution in [0.2, 0.25) is 0 Å². The largest absolute Gasteiger partial charge is 0.508 e. The van der Waals surface area contributed by atoms with Crippen molar-refractivity contribution < 1.29 is 14.7 Å². The van der Waals surface area contributed by atoms with Gasteiger partial charge in [0.2, 0.25) is 0 Å². The molecule has 0 unspecified atom stereocenters. The number of phenols is 1. The van der Waals surface area contributed by atoms with Crippen LogP contribution in [0.15, 0.2) is 66.7 Å². The first kappa shape index (κ1) is 20.1. The Balaban J connectivity index is 1.91. The van der Waals surface area contributed by atoms with E-state index < -0.39 is 0 Å². The van der Waals surface area contributed by atoms with Crippen LogP contribution in [0.5, 0.6) is 5.75 Å². The maximum absolute atomic E-state index is 12.9. The number of nitrogens with two attached hydrogens (primary N) is 1. The summed E-state index contributed by atoms with van der Waals surface area (Å²) in [6.07, 6.45) is 0. The molecule has 3 aromatic rings. The molecular formula is C24H24N2O3. The number of nitrogens with one attached hydrogen (secondary N) is 1. The molecule has 0 fully saturated rings. The lowest BCUT2D eigenvalue weighted by Gasteiger charge is -2.19. The molecule has 0 spiro atoms. The number of phenolic OH excluding ortho intramolecular Hbond substituents is 1. The minimum Gasteiger partial charge on any atom is -0.508 e. The molecule has 0 saturated carbocycles. The Morgan fingerprint density at radius 3 is 2.17 bits per heavy atom. The molecule has 0 bridgehead atoms. The molecule has 0 aromatic heterocycles. The van der Waals surface area contributed by atoms with Crippen LogP contribution in [0.1, 0.15) is 52.6 Å². The fraction of sp³-hybridized carbons (Fsp3) is 0.167. The Bertz CT molecular complexity index is 1060. The van der Waals surface area contributed by atoms with Crippen LogP contribution in [-0.2, 0) is 5.41 Å². The average Bonchev–Trinajstić information content (AvgIpc) is 2.68. The van der Waals surface area contributed by atoms with E-state index in [0.717, 1.165) is 5.56 Å². The summed E-state index contributed by atoms with van der Waals surface area (Å²) in [5.74, 6) is -0.704. The van der Waals surface area contributed by atoms with Gasteiger partial charge in [-0.25, -0.2) is 0 Å². The van der Waals surface area contributed by atoms with Crippen LogP contribution in [0.25, 0.3) is 0 Å². The van der Waals surface area contributed by atoms with Gasteiger partial charge in [-0.2, -0.15) is 0 Å². The van der Waals surface area contributed by atoms with E-state index >= 15 is 0 Å². The van der Waals surface area contributed by atoms with Crippen LogP contribution in [-0.4, -0.2) is 16.8 Å². The van der Waals surface area contributed by atoms with Crippen LogP contribution in [0.3, 0.4) is 0 Å². The van der Waals surface area contributed by atoms with Gasteiger partial charge in [0, 0.05) is 16.7 Å². The van der Waals surface area contributed by atoms with Crippen molar-refractivity contribution in [2.45, 2.75) is 26.2 Å². The molecule has 29 heavy (non-hydrogen) atoms. The SMILES string of the molecule is CC(C)(C)c1ccc(C(=O)Nc2c(N)cccc2C(=O)c2cccc(O)c2)cc1. The minimum atomic E-state index is -0.353. The van der Waals surface area contributed by atoms with Gasteiger partial charge in [0.05, 0.1) is 11.4 Å². The highest BCUT2D eigenvalue weighted by Crippen LogP contribution is 2.28. The fourth-order valence-electron chi connectivity index (χ4n) is 3.01. The Kier molecular flexibility index (Phi) is 5.41. The smallest absolute Gasteiger partial charge is 0.255 e. The van der Waals surface area contributed by atoms with E-state index in [0.29, 0.717) is 11.1 Å². The first-order chi connectivity index (χ1) is 13.7. The van der Waals surface area contributed by atoms with Gasteiger partial charge in [0.15, 0.2) is 5.78 Å². The van der Waals surface area contributed by atoms with E-state index in [1.54, 1.807) is 42.5 Å². The lowest BCUT2D eigenvalue weighted by Crippen LogP contribution is -2.17. The lowest BCUT2D eigenvalue weighted by molar-refractivity contribution is 0.102. The van der Waals surface area contributed by atoms with Gasteiger partial charge in [0.25, 0.3) is 5.91 Å². The molecule has 0 aliphatic carbocycles. The molecule has 1 amide bonds. The third-order valence-electron chi connectivity index (χ3n) is 4.70. The second kappa shape index (κ2) is 7.80. The number of rotatable bonds is 4. The number of benzene rings is 3. The third-order valence-corrected chi connectivity index (χ3v) is 4.70. The van der Waals surface area contributed by atoms with Crippen LogP contribution in [0.4, 0.5) is 11.4 Å². The van der Waals surface area contributed by atoms with E-state index in [-0.39, 0.29) is 39.8 Å². The summed E-state index contributed by atoms with van der Waals surface area (Å²) in [7, 11) is 0. The Hall–Kier alpha value is -3.60. The van der Waals surface area contributed by atoms with E-state index in [2.05, 4.69) is 26.1 Å². The summed E-state index contributed by atoms with van der Waals surface area (Å²) in [6, 6.07) is 18.3. The van der Waals surface area contributed by atoms with Crippen molar-refractivity contribution in [3.05, 3.63) is 89.0 Å². The second-order valence-corrected chi connectivity index (χ2v) is 7.93. The number of hydrogen-bond donors (Lipinski definition) is 3. The lowest BCUT2D eigenvalue weighted by atomic mass is 9.86. The summed E-state index contributed by atoms with van der Waals surface area (Å²) in [4.78, 5) is 25.7. The second-order valence-electron chi connectivity index (χ2n) is 7.93. The van der Waals surface area contributed by atoms with Crippen molar-refractivity contribution in [1.82, 2.24) is 0 Å². The van der Waals surface area contributed by atoms with E-state index in [4.69, 9.17) is 5.73 Å². The zero-order chi connectivity index (χ0) is 21.2. The van der Waals surface area contributed by atoms with Gasteiger partial charge in [-0.3, -0.25) is 9.59 Å². The summed E-state index contributed by atoms with van der Waals surface area (Å²) < 4.78 is 0. The average molecular weight is 388 g/mol. The van der Waals surface area contributed by atoms with Gasteiger partial charge in [-0.05, 0) is 47.4 Å². The van der Waals surface area contributed by atoms with E-state index in [1.165, 1.54) is 12.1 Å². The molecular weight excluding hydrogens is 364 g/mol.